The van der Waals surface area contributed by atoms with Gasteiger partial charge in [0.15, 0.2) is 17.2 Å². The summed E-state index contributed by atoms with van der Waals surface area (Å²) in [7, 11) is 1.58. The number of halogens is 2. The third kappa shape index (κ3) is 5.16. The second-order valence-corrected chi connectivity index (χ2v) is 8.74. The van der Waals surface area contributed by atoms with Gasteiger partial charge in [-0.1, -0.05) is 30.3 Å². The topological polar surface area (TPSA) is 57.1 Å². The van der Waals surface area contributed by atoms with Gasteiger partial charge in [0.2, 0.25) is 5.90 Å². The molecule has 0 saturated carbocycles. The first-order chi connectivity index (χ1) is 15.0. The molecule has 0 aromatic heterocycles. The van der Waals surface area contributed by atoms with E-state index in [-0.39, 0.29) is 11.6 Å². The number of hydrogen-bond acceptors (Lipinski definition) is 5. The first-order valence-electron chi connectivity index (χ1n) is 9.36. The molecule has 5 nitrogen and oxygen atoms in total. The molecule has 0 bridgehead atoms. The van der Waals surface area contributed by atoms with E-state index in [1.807, 2.05) is 60.7 Å². The zero-order chi connectivity index (χ0) is 21.8. The number of nitrogens with zero attached hydrogens (tertiary/aromatic N) is 1. The van der Waals surface area contributed by atoms with Gasteiger partial charge in [-0.25, -0.2) is 9.79 Å². The highest BCUT2D eigenvalue weighted by molar-refractivity contribution is 14.1. The van der Waals surface area contributed by atoms with E-state index in [1.54, 1.807) is 19.3 Å². The Morgan fingerprint density at radius 3 is 2.58 bits per heavy atom. The van der Waals surface area contributed by atoms with E-state index in [4.69, 9.17) is 14.2 Å². The highest BCUT2D eigenvalue weighted by Crippen LogP contribution is 2.31. The average Bonchev–Trinajstić information content (AvgIpc) is 3.14. The molecule has 0 fully saturated rings. The van der Waals surface area contributed by atoms with Crippen LogP contribution in [0.1, 0.15) is 16.7 Å². The number of esters is 1. The molecule has 3 aromatic rings. The van der Waals surface area contributed by atoms with Gasteiger partial charge >= 0.3 is 5.97 Å². The van der Waals surface area contributed by atoms with E-state index in [0.29, 0.717) is 18.1 Å². The quantitative estimate of drug-likeness (QED) is 0.201. The van der Waals surface area contributed by atoms with Crippen molar-refractivity contribution < 1.29 is 19.0 Å². The fourth-order valence-corrected chi connectivity index (χ4v) is 3.77. The molecule has 0 saturated heterocycles. The normalized spacial score (nSPS) is 14.4. The summed E-state index contributed by atoms with van der Waals surface area (Å²) in [6.07, 6.45) is 1.66. The molecule has 4 rings (SSSR count). The number of benzene rings is 3. The van der Waals surface area contributed by atoms with E-state index in [9.17, 15) is 4.79 Å². The Kier molecular flexibility index (Phi) is 6.72. The van der Waals surface area contributed by atoms with Crippen LogP contribution >= 0.6 is 38.5 Å². The molecule has 0 aliphatic carbocycles. The van der Waals surface area contributed by atoms with Crippen molar-refractivity contribution in [1.29, 1.82) is 0 Å². The molecule has 7 heteroatoms. The fraction of sp³-hybridized carbons (Fsp3) is 0.0833. The van der Waals surface area contributed by atoms with Crippen LogP contribution in [0, 0.1) is 3.57 Å². The summed E-state index contributed by atoms with van der Waals surface area (Å²) in [6.45, 7) is 0.430. The van der Waals surface area contributed by atoms with Crippen LogP contribution in [0.5, 0.6) is 11.5 Å². The van der Waals surface area contributed by atoms with Crippen LogP contribution in [0.2, 0.25) is 0 Å². The van der Waals surface area contributed by atoms with Crippen LogP contribution in [-0.4, -0.2) is 19.0 Å². The van der Waals surface area contributed by atoms with Crippen LogP contribution in [0.3, 0.4) is 0 Å². The third-order valence-electron chi connectivity index (χ3n) is 4.52. The lowest BCUT2D eigenvalue weighted by molar-refractivity contribution is -0.129. The monoisotopic (exact) mass is 589 g/mol. The van der Waals surface area contributed by atoms with Gasteiger partial charge in [-0.2, -0.15) is 0 Å². The number of aliphatic imine (C=N–C) groups is 1. The lowest BCUT2D eigenvalue weighted by Crippen LogP contribution is -2.05. The van der Waals surface area contributed by atoms with Crippen molar-refractivity contribution in [3.63, 3.8) is 0 Å². The van der Waals surface area contributed by atoms with E-state index >= 15 is 0 Å². The standard InChI is InChI=1S/C24H17BrINO4/c1-29-22-13-16(8-11-21(22)30-14-15-6-9-17(26)10-7-15)12-20-24(28)31-23(27-20)18-4-2-3-5-19(18)25/h2-13H,14H2,1H3/b20-12-. The highest BCUT2D eigenvalue weighted by atomic mass is 127. The number of hydrogen-bond donors (Lipinski definition) is 0. The number of rotatable bonds is 6. The second kappa shape index (κ2) is 9.65. The van der Waals surface area contributed by atoms with E-state index in [0.717, 1.165) is 21.2 Å². The Morgan fingerprint density at radius 2 is 1.84 bits per heavy atom. The lowest BCUT2D eigenvalue weighted by atomic mass is 10.1. The Balaban J connectivity index is 1.54. The molecule has 0 N–H and O–H groups in total. The molecular formula is C24H17BrINO4. The maximum atomic E-state index is 12.3. The Hall–Kier alpha value is -2.65. The van der Waals surface area contributed by atoms with Crippen molar-refractivity contribution in [3.8, 4) is 11.5 Å². The maximum absolute atomic E-state index is 12.3. The van der Waals surface area contributed by atoms with Gasteiger partial charge in [0.05, 0.1) is 12.7 Å². The smallest absolute Gasteiger partial charge is 0.363 e. The van der Waals surface area contributed by atoms with E-state index in [1.165, 1.54) is 3.57 Å². The van der Waals surface area contributed by atoms with Crippen molar-refractivity contribution in [2.24, 2.45) is 4.99 Å². The number of carbonyl (C=O) groups excluding carboxylic acids is 1. The van der Waals surface area contributed by atoms with Gasteiger partial charge in [-0.3, -0.25) is 0 Å². The number of carbonyl (C=O) groups is 1. The summed E-state index contributed by atoms with van der Waals surface area (Å²) in [5.41, 5.74) is 2.76. The predicted molar refractivity (Wildman–Crippen MR) is 131 cm³/mol. The molecule has 1 aliphatic heterocycles. The SMILES string of the molecule is COc1cc(/C=C2\N=C(c3ccccc3Br)OC2=O)ccc1OCc1ccc(I)cc1. The van der Waals surface area contributed by atoms with Crippen molar-refractivity contribution in [1.82, 2.24) is 0 Å². The summed E-state index contributed by atoms with van der Waals surface area (Å²) in [5, 5.41) is 0. The summed E-state index contributed by atoms with van der Waals surface area (Å²) < 4.78 is 18.7. The summed E-state index contributed by atoms with van der Waals surface area (Å²) in [4.78, 5) is 16.7. The predicted octanol–water partition coefficient (Wildman–Crippen LogP) is 5.99. The summed E-state index contributed by atoms with van der Waals surface area (Å²) >= 11 is 5.72. The lowest BCUT2D eigenvalue weighted by Gasteiger charge is -2.11. The molecule has 31 heavy (non-hydrogen) atoms. The zero-order valence-corrected chi connectivity index (χ0v) is 20.2. The molecule has 1 aliphatic rings. The second-order valence-electron chi connectivity index (χ2n) is 6.64. The summed E-state index contributed by atoms with van der Waals surface area (Å²) in [6, 6.07) is 21.0. The van der Waals surface area contributed by atoms with Crippen LogP contribution < -0.4 is 9.47 Å². The molecule has 0 atom stereocenters. The molecular weight excluding hydrogens is 573 g/mol. The maximum Gasteiger partial charge on any atom is 0.363 e. The van der Waals surface area contributed by atoms with Crippen molar-refractivity contribution in [3.05, 3.63) is 97.2 Å². The van der Waals surface area contributed by atoms with Crippen molar-refractivity contribution in [2.75, 3.05) is 7.11 Å². The van der Waals surface area contributed by atoms with Crippen LogP contribution in [0.4, 0.5) is 0 Å². The van der Waals surface area contributed by atoms with Gasteiger partial charge in [-0.05, 0) is 92.1 Å². The first kappa shape index (κ1) is 21.6. The summed E-state index contributed by atoms with van der Waals surface area (Å²) in [5.74, 6) is 0.966. The molecule has 0 spiro atoms. The van der Waals surface area contributed by atoms with Gasteiger partial charge < -0.3 is 14.2 Å². The number of cyclic esters (lactones) is 1. The molecule has 0 amide bonds. The molecule has 3 aromatic carbocycles. The van der Waals surface area contributed by atoms with Crippen LogP contribution in [0.15, 0.2) is 81.9 Å². The number of methoxy groups -OCH3 is 1. The van der Waals surface area contributed by atoms with Gasteiger partial charge in [0, 0.05) is 8.04 Å². The molecule has 0 radical (unpaired) electrons. The molecule has 156 valence electrons. The van der Waals surface area contributed by atoms with Crippen molar-refractivity contribution in [2.45, 2.75) is 6.61 Å². The minimum atomic E-state index is -0.497. The van der Waals surface area contributed by atoms with Gasteiger partial charge in [0.25, 0.3) is 0 Å². The van der Waals surface area contributed by atoms with Crippen LogP contribution in [-0.2, 0) is 16.1 Å². The first-order valence-corrected chi connectivity index (χ1v) is 11.2. The minimum Gasteiger partial charge on any atom is -0.493 e. The highest BCUT2D eigenvalue weighted by Gasteiger charge is 2.25. The third-order valence-corrected chi connectivity index (χ3v) is 5.93. The number of ether oxygens (including phenoxy) is 3. The Bertz CT molecular complexity index is 1190. The molecule has 0 unspecified atom stereocenters. The van der Waals surface area contributed by atoms with E-state index in [2.05, 4.69) is 43.5 Å². The van der Waals surface area contributed by atoms with Gasteiger partial charge in [-0.15, -0.1) is 0 Å². The van der Waals surface area contributed by atoms with Gasteiger partial charge in [0.1, 0.15) is 6.61 Å². The largest absolute Gasteiger partial charge is 0.493 e. The minimum absolute atomic E-state index is 0.223. The zero-order valence-electron chi connectivity index (χ0n) is 16.5. The van der Waals surface area contributed by atoms with Crippen molar-refractivity contribution >= 4 is 56.5 Å². The van der Waals surface area contributed by atoms with E-state index < -0.39 is 5.97 Å². The average molecular weight is 590 g/mol. The molecule has 1 heterocycles. The van der Waals surface area contributed by atoms with Crippen LogP contribution in [0.25, 0.3) is 6.08 Å². The fourth-order valence-electron chi connectivity index (χ4n) is 2.95. The Labute approximate surface area is 202 Å². The Morgan fingerprint density at radius 1 is 1.06 bits per heavy atom.